The van der Waals surface area contributed by atoms with Crippen molar-refractivity contribution in [3.05, 3.63) is 12.2 Å². The summed E-state index contributed by atoms with van der Waals surface area (Å²) in [7, 11) is 0. The van der Waals surface area contributed by atoms with Crippen LogP contribution >= 0.6 is 0 Å². The molecule has 0 aliphatic rings. The summed E-state index contributed by atoms with van der Waals surface area (Å²) in [5.41, 5.74) is 0. The number of carbonyl (C=O) groups excluding carboxylic acids is 2. The zero-order chi connectivity index (χ0) is 6.57. The average molecular weight is 251 g/mol. The Hall–Kier alpha value is 0.251. The van der Waals surface area contributed by atoms with E-state index < -0.39 is 11.9 Å². The van der Waals surface area contributed by atoms with E-state index in [0.29, 0.717) is 12.2 Å². The Labute approximate surface area is 91.6 Å². The molecule has 0 heterocycles. The Morgan fingerprint density at radius 1 is 1.00 bits per heavy atom. The van der Waals surface area contributed by atoms with Crippen molar-refractivity contribution in [1.29, 1.82) is 0 Å². The number of hydrogen-bond acceptors (Lipinski definition) is 4. The van der Waals surface area contributed by atoms with E-state index in [2.05, 4.69) is 0 Å². The molecule has 0 saturated heterocycles. The fourth-order valence-electron chi connectivity index (χ4n) is 0.136. The van der Waals surface area contributed by atoms with Crippen molar-refractivity contribution < 1.29 is 19.8 Å². The van der Waals surface area contributed by atoms with Crippen LogP contribution in [0.25, 0.3) is 0 Å². The number of carbonyl (C=O) groups is 2. The second kappa shape index (κ2) is 6.37. The summed E-state index contributed by atoms with van der Waals surface area (Å²) in [6.07, 6.45) is 0.769. The van der Waals surface area contributed by atoms with Gasteiger partial charge in [-0.25, -0.2) is 0 Å². The van der Waals surface area contributed by atoms with Gasteiger partial charge in [-0.05, 0) is 12.2 Å². The van der Waals surface area contributed by atoms with Crippen LogP contribution in [0.2, 0.25) is 0 Å². The standard InChI is InChI=1S/C4H4O4.Ba/c5-3(6)1-2-4(7)8;/h1-2H,(H,5,6)(H,7,8);/q;+2/p-2/b2-1+;. The summed E-state index contributed by atoms with van der Waals surface area (Å²) < 4.78 is 0. The Morgan fingerprint density at radius 3 is 1.33 bits per heavy atom. The van der Waals surface area contributed by atoms with Crippen LogP contribution in [0.4, 0.5) is 0 Å². The molecule has 0 atom stereocenters. The second-order valence-electron chi connectivity index (χ2n) is 0.971. The average Bonchev–Trinajstić information content (AvgIpc) is 1.61. The first-order valence-electron chi connectivity index (χ1n) is 1.73. The van der Waals surface area contributed by atoms with E-state index >= 15 is 0 Å². The van der Waals surface area contributed by atoms with E-state index in [9.17, 15) is 19.8 Å². The molecule has 0 unspecified atom stereocenters. The summed E-state index contributed by atoms with van der Waals surface area (Å²) in [5.74, 6) is -3.09. The van der Waals surface area contributed by atoms with Crippen molar-refractivity contribution in [2.75, 3.05) is 0 Å². The van der Waals surface area contributed by atoms with Crippen LogP contribution < -0.4 is 10.2 Å². The summed E-state index contributed by atoms with van der Waals surface area (Å²) >= 11 is 0. The van der Waals surface area contributed by atoms with Crippen molar-refractivity contribution in [1.82, 2.24) is 0 Å². The molecule has 0 N–H and O–H groups in total. The van der Waals surface area contributed by atoms with Gasteiger partial charge >= 0.3 is 48.9 Å². The topological polar surface area (TPSA) is 80.3 Å². The third kappa shape index (κ3) is 11.7. The molecule has 0 rings (SSSR count). The van der Waals surface area contributed by atoms with Crippen LogP contribution in [-0.2, 0) is 9.59 Å². The predicted molar refractivity (Wildman–Crippen MR) is 24.9 cm³/mol. The Kier molecular flexibility index (Phi) is 8.48. The molecule has 0 saturated carbocycles. The molecule has 0 aliphatic heterocycles. The number of aliphatic carboxylic acids is 2. The normalized spacial score (nSPS) is 8.44. The van der Waals surface area contributed by atoms with Crippen molar-refractivity contribution in [3.8, 4) is 0 Å². The van der Waals surface area contributed by atoms with E-state index in [1.165, 1.54) is 0 Å². The Morgan fingerprint density at radius 2 is 1.22 bits per heavy atom. The largest absolute Gasteiger partial charge is 2.00 e. The van der Waals surface area contributed by atoms with Crippen molar-refractivity contribution >= 4 is 60.8 Å². The van der Waals surface area contributed by atoms with E-state index in [0.717, 1.165) is 0 Å². The molecular weight excluding hydrogens is 249 g/mol. The molecule has 0 aromatic heterocycles. The van der Waals surface area contributed by atoms with Gasteiger partial charge in [0.05, 0.1) is 11.9 Å². The molecule has 0 aromatic carbocycles. The molecule has 0 amide bonds. The van der Waals surface area contributed by atoms with Crippen molar-refractivity contribution in [3.63, 3.8) is 0 Å². The van der Waals surface area contributed by atoms with Gasteiger partial charge in [0.2, 0.25) is 0 Å². The minimum atomic E-state index is -1.55. The summed E-state index contributed by atoms with van der Waals surface area (Å²) in [4.78, 5) is 18.8. The molecule has 0 spiro atoms. The zero-order valence-electron chi connectivity index (χ0n) is 4.49. The van der Waals surface area contributed by atoms with E-state index in [4.69, 9.17) is 0 Å². The number of rotatable bonds is 2. The smallest absolute Gasteiger partial charge is 0.545 e. The van der Waals surface area contributed by atoms with E-state index in [1.807, 2.05) is 0 Å². The van der Waals surface area contributed by atoms with E-state index in [1.54, 1.807) is 0 Å². The molecule has 0 radical (unpaired) electrons. The maximum absolute atomic E-state index is 9.41. The maximum atomic E-state index is 9.41. The van der Waals surface area contributed by atoms with Crippen molar-refractivity contribution in [2.24, 2.45) is 0 Å². The number of hydrogen-bond donors (Lipinski definition) is 0. The van der Waals surface area contributed by atoms with Gasteiger partial charge in [-0.15, -0.1) is 0 Å². The van der Waals surface area contributed by atoms with Gasteiger partial charge < -0.3 is 19.8 Å². The summed E-state index contributed by atoms with van der Waals surface area (Å²) in [6, 6.07) is 0. The van der Waals surface area contributed by atoms with Crippen LogP contribution in [0, 0.1) is 0 Å². The molecule has 0 aromatic rings. The second-order valence-corrected chi connectivity index (χ2v) is 0.971. The van der Waals surface area contributed by atoms with Crippen LogP contribution in [0.15, 0.2) is 12.2 Å². The molecule has 0 fully saturated rings. The fraction of sp³-hybridized carbons (Fsp3) is 0. The summed E-state index contributed by atoms with van der Waals surface area (Å²) in [5, 5.41) is 18.8. The fourth-order valence-corrected chi connectivity index (χ4v) is 0.136. The third-order valence-electron chi connectivity index (χ3n) is 0.355. The quantitative estimate of drug-likeness (QED) is 0.380. The minimum Gasteiger partial charge on any atom is -0.545 e. The first-order valence-corrected chi connectivity index (χ1v) is 1.73. The number of carboxylic acids is 2. The van der Waals surface area contributed by atoms with Gasteiger partial charge in [0, 0.05) is 0 Å². The van der Waals surface area contributed by atoms with Gasteiger partial charge in [0.15, 0.2) is 0 Å². The van der Waals surface area contributed by atoms with Gasteiger partial charge in [-0.1, -0.05) is 0 Å². The van der Waals surface area contributed by atoms with Gasteiger partial charge in [0.25, 0.3) is 0 Å². The molecule has 4 nitrogen and oxygen atoms in total. The summed E-state index contributed by atoms with van der Waals surface area (Å²) in [6.45, 7) is 0. The molecule has 5 heteroatoms. The molecule has 0 bridgehead atoms. The van der Waals surface area contributed by atoms with Gasteiger partial charge in [-0.2, -0.15) is 0 Å². The first-order chi connectivity index (χ1) is 3.63. The van der Waals surface area contributed by atoms with Gasteiger partial charge in [-0.3, -0.25) is 0 Å². The Bertz CT molecular complexity index is 124. The third-order valence-corrected chi connectivity index (χ3v) is 0.355. The molecular formula is C4H2BaO4. The van der Waals surface area contributed by atoms with Crippen LogP contribution in [-0.4, -0.2) is 60.8 Å². The minimum absolute atomic E-state index is 0. The van der Waals surface area contributed by atoms with Crippen LogP contribution in [0.3, 0.4) is 0 Å². The zero-order valence-corrected chi connectivity index (χ0v) is 8.94. The van der Waals surface area contributed by atoms with Crippen molar-refractivity contribution in [2.45, 2.75) is 0 Å². The Balaban J connectivity index is 0. The van der Waals surface area contributed by atoms with E-state index in [-0.39, 0.29) is 48.9 Å². The monoisotopic (exact) mass is 252 g/mol. The molecule has 0 aliphatic carbocycles. The molecule has 9 heavy (non-hydrogen) atoms. The van der Waals surface area contributed by atoms with Crippen LogP contribution in [0.1, 0.15) is 0 Å². The maximum Gasteiger partial charge on any atom is 2.00 e. The first kappa shape index (κ1) is 12.0. The SMILES string of the molecule is O=C([O-])/C=C/C(=O)[O-].[Ba+2]. The predicted octanol–water partition coefficient (Wildman–Crippen LogP) is -3.34. The van der Waals surface area contributed by atoms with Crippen LogP contribution in [0.5, 0.6) is 0 Å². The van der Waals surface area contributed by atoms with Gasteiger partial charge in [0.1, 0.15) is 0 Å². The molecule has 44 valence electrons. The number of carboxylic acid groups (broad SMARTS) is 2.